The minimum absolute atomic E-state index is 0.108. The fourth-order valence-corrected chi connectivity index (χ4v) is 1.82. The second-order valence-electron chi connectivity index (χ2n) is 2.81. The Hall–Kier alpha value is -2.21. The molecule has 5 heteroatoms. The van der Waals surface area contributed by atoms with Crippen LogP contribution in [0.25, 0.3) is 0 Å². The van der Waals surface area contributed by atoms with Gasteiger partial charge in [-0.25, -0.2) is 0 Å². The first-order valence-corrected chi connectivity index (χ1v) is 8.04. The zero-order valence-corrected chi connectivity index (χ0v) is 15.7. The number of aryl methyl sites for hydroxylation is 1. The van der Waals surface area contributed by atoms with Crippen molar-refractivity contribution in [3.63, 3.8) is 0 Å². The molecule has 0 saturated carbocycles. The maximum atomic E-state index is 11.4. The van der Waals surface area contributed by atoms with Gasteiger partial charge in [-0.1, -0.05) is 17.7 Å². The minimum Gasteiger partial charge on any atom is -0.394 e. The van der Waals surface area contributed by atoms with Crippen LogP contribution in [0.5, 0.6) is 0 Å². The van der Waals surface area contributed by atoms with Crippen molar-refractivity contribution in [1.29, 1.82) is 0 Å². The van der Waals surface area contributed by atoms with E-state index in [-0.39, 0.29) is 18.1 Å². The topological polar surface area (TPSA) is 63.6 Å². The lowest BCUT2D eigenvalue weighted by atomic mass is 10.2. The third kappa shape index (κ3) is 19.8. The summed E-state index contributed by atoms with van der Waals surface area (Å²) in [7, 11) is -3.70. The average molecular weight is 357 g/mol. The second kappa shape index (κ2) is 28.9. The first-order valence-electron chi connectivity index (χ1n) is 6.63. The van der Waals surface area contributed by atoms with Crippen molar-refractivity contribution >= 4 is 10.1 Å². The molecule has 1 rings (SSSR count). The summed E-state index contributed by atoms with van der Waals surface area (Å²) < 4.78 is 27.3. The van der Waals surface area contributed by atoms with Crippen molar-refractivity contribution in [2.24, 2.45) is 0 Å². The van der Waals surface area contributed by atoms with Gasteiger partial charge in [0, 0.05) is 0 Å². The quantitative estimate of drug-likeness (QED) is 0.627. The predicted octanol–water partition coefficient (Wildman–Crippen LogP) is 4.70. The maximum Gasteiger partial charge on any atom is 0.297 e. The Labute approximate surface area is 148 Å². The summed E-state index contributed by atoms with van der Waals surface area (Å²) >= 11 is 0. The molecule has 0 aliphatic heterocycles. The molecular weight excluding hydrogens is 324 g/mol. The molecule has 1 aromatic rings. The fourth-order valence-electron chi connectivity index (χ4n) is 0.920. The van der Waals surface area contributed by atoms with Crippen molar-refractivity contribution < 1.29 is 17.7 Å². The van der Waals surface area contributed by atoms with Gasteiger partial charge in [-0.05, 0) is 19.1 Å². The molecule has 4 nitrogen and oxygen atoms in total. The van der Waals surface area contributed by atoms with Crippen LogP contribution in [-0.4, -0.2) is 26.7 Å². The monoisotopic (exact) mass is 356 g/mol. The Balaban J connectivity index is -0.000000103. The van der Waals surface area contributed by atoms with Gasteiger partial charge in [-0.2, -0.15) is 8.42 Å². The van der Waals surface area contributed by atoms with Crippen LogP contribution in [0.1, 0.15) is 5.56 Å². The van der Waals surface area contributed by atoms with Crippen LogP contribution in [0.15, 0.2) is 95.0 Å². The predicted molar refractivity (Wildman–Crippen MR) is 108 cm³/mol. The summed E-state index contributed by atoms with van der Waals surface area (Å²) in [6.45, 7) is 31.3. The summed E-state index contributed by atoms with van der Waals surface area (Å²) in [5, 5.41) is 8.43. The number of hydrogen-bond acceptors (Lipinski definition) is 4. The Morgan fingerprint density at radius 1 is 0.833 bits per heavy atom. The summed E-state index contributed by atoms with van der Waals surface area (Å²) in [6.07, 6.45) is 0. The SMILES string of the molecule is C=C.C=C.C=C.C=C.C=C.Cc1ccc(S(=O)(=O)OCCO)cc1. The zero-order valence-electron chi connectivity index (χ0n) is 14.9. The summed E-state index contributed by atoms with van der Waals surface area (Å²) in [4.78, 5) is 0.108. The van der Waals surface area contributed by atoms with Crippen molar-refractivity contribution in [2.45, 2.75) is 11.8 Å². The molecule has 1 N–H and O–H groups in total. The number of aliphatic hydroxyl groups is 1. The third-order valence-electron chi connectivity index (χ3n) is 1.64. The van der Waals surface area contributed by atoms with Crippen molar-refractivity contribution in [3.05, 3.63) is 95.6 Å². The van der Waals surface area contributed by atoms with E-state index < -0.39 is 10.1 Å². The van der Waals surface area contributed by atoms with E-state index in [4.69, 9.17) is 5.11 Å². The number of benzene rings is 1. The summed E-state index contributed by atoms with van der Waals surface area (Å²) in [5.74, 6) is 0. The van der Waals surface area contributed by atoms with Crippen LogP contribution < -0.4 is 0 Å². The molecular formula is C19H32O4S. The van der Waals surface area contributed by atoms with E-state index in [1.165, 1.54) is 12.1 Å². The third-order valence-corrected chi connectivity index (χ3v) is 2.97. The van der Waals surface area contributed by atoms with E-state index in [0.29, 0.717) is 0 Å². The molecule has 0 radical (unpaired) electrons. The Kier molecular flexibility index (Phi) is 40.2. The highest BCUT2D eigenvalue weighted by atomic mass is 32.2. The Morgan fingerprint density at radius 2 is 1.17 bits per heavy atom. The van der Waals surface area contributed by atoms with Crippen LogP contribution in [0.4, 0.5) is 0 Å². The highest BCUT2D eigenvalue weighted by Crippen LogP contribution is 2.12. The number of rotatable bonds is 4. The van der Waals surface area contributed by atoms with E-state index in [0.717, 1.165) is 5.56 Å². The molecule has 1 aromatic carbocycles. The highest BCUT2D eigenvalue weighted by Gasteiger charge is 2.13. The molecule has 0 fully saturated rings. The van der Waals surface area contributed by atoms with Gasteiger partial charge in [-0.3, -0.25) is 4.18 Å². The molecule has 0 aliphatic rings. The molecule has 0 spiro atoms. The normalized spacial score (nSPS) is 7.58. The Bertz CT molecular complexity index is 441. The van der Waals surface area contributed by atoms with Gasteiger partial charge in [0.05, 0.1) is 18.1 Å². The lowest BCUT2D eigenvalue weighted by molar-refractivity contribution is 0.205. The Morgan fingerprint density at radius 3 is 1.46 bits per heavy atom. The molecule has 0 aliphatic carbocycles. The molecule has 0 bridgehead atoms. The van der Waals surface area contributed by atoms with Gasteiger partial charge in [-0.15, -0.1) is 65.8 Å². The average Bonchev–Trinajstić information content (AvgIpc) is 2.68. The van der Waals surface area contributed by atoms with Crippen molar-refractivity contribution in [3.8, 4) is 0 Å². The molecule has 0 aromatic heterocycles. The van der Waals surface area contributed by atoms with Gasteiger partial charge >= 0.3 is 0 Å². The van der Waals surface area contributed by atoms with Crippen LogP contribution in [-0.2, 0) is 14.3 Å². The molecule has 0 heterocycles. The van der Waals surface area contributed by atoms with E-state index in [2.05, 4.69) is 70.0 Å². The van der Waals surface area contributed by atoms with E-state index >= 15 is 0 Å². The van der Waals surface area contributed by atoms with Crippen LogP contribution in [0, 0.1) is 6.92 Å². The lowest BCUT2D eigenvalue weighted by Gasteiger charge is -2.03. The number of aliphatic hydroxyl groups excluding tert-OH is 1. The second-order valence-corrected chi connectivity index (χ2v) is 4.43. The van der Waals surface area contributed by atoms with Crippen LogP contribution >= 0.6 is 0 Å². The van der Waals surface area contributed by atoms with Gasteiger partial charge in [0.2, 0.25) is 0 Å². The van der Waals surface area contributed by atoms with Crippen LogP contribution in [0.3, 0.4) is 0 Å². The lowest BCUT2D eigenvalue weighted by Crippen LogP contribution is -2.09. The number of hydrogen-bond donors (Lipinski definition) is 1. The van der Waals surface area contributed by atoms with Crippen molar-refractivity contribution in [2.75, 3.05) is 13.2 Å². The van der Waals surface area contributed by atoms with Gasteiger partial charge < -0.3 is 5.11 Å². The largest absolute Gasteiger partial charge is 0.394 e. The molecule has 24 heavy (non-hydrogen) atoms. The standard InChI is InChI=1S/C9H12O4S.5C2H4/c1-8-2-4-9(5-3-8)14(11,12)13-7-6-10;5*1-2/h2-5,10H,6-7H2,1H3;5*1-2H2. The van der Waals surface area contributed by atoms with Gasteiger partial charge in [0.1, 0.15) is 0 Å². The molecule has 138 valence electrons. The first kappa shape index (κ1) is 33.4. The zero-order chi connectivity index (χ0) is 20.6. The summed E-state index contributed by atoms with van der Waals surface area (Å²) in [6, 6.07) is 6.33. The molecule has 0 atom stereocenters. The van der Waals surface area contributed by atoms with Gasteiger partial charge in [0.25, 0.3) is 10.1 Å². The van der Waals surface area contributed by atoms with Gasteiger partial charge in [0.15, 0.2) is 0 Å². The molecule has 0 saturated heterocycles. The van der Waals surface area contributed by atoms with E-state index in [1.54, 1.807) is 12.1 Å². The maximum absolute atomic E-state index is 11.4. The van der Waals surface area contributed by atoms with E-state index in [1.807, 2.05) is 6.92 Å². The highest BCUT2D eigenvalue weighted by molar-refractivity contribution is 7.86. The van der Waals surface area contributed by atoms with Crippen LogP contribution in [0.2, 0.25) is 0 Å². The fraction of sp³-hybridized carbons (Fsp3) is 0.158. The van der Waals surface area contributed by atoms with E-state index in [9.17, 15) is 8.42 Å². The smallest absolute Gasteiger partial charge is 0.297 e. The molecule has 0 unspecified atom stereocenters. The first-order chi connectivity index (χ1) is 11.6. The van der Waals surface area contributed by atoms with Crippen molar-refractivity contribution in [1.82, 2.24) is 0 Å². The molecule has 0 amide bonds. The minimum atomic E-state index is -3.70. The summed E-state index contributed by atoms with van der Waals surface area (Å²) in [5.41, 5.74) is 0.978.